The fourth-order valence-electron chi connectivity index (χ4n) is 4.76. The summed E-state index contributed by atoms with van der Waals surface area (Å²) in [6, 6.07) is 9.16. The van der Waals surface area contributed by atoms with E-state index in [2.05, 4.69) is 34.0 Å². The third-order valence-electron chi connectivity index (χ3n) is 7.06. The van der Waals surface area contributed by atoms with Gasteiger partial charge in [0.05, 0.1) is 17.4 Å². The van der Waals surface area contributed by atoms with E-state index in [4.69, 9.17) is 0 Å². The molecule has 3 aromatic rings. The van der Waals surface area contributed by atoms with Crippen molar-refractivity contribution in [3.05, 3.63) is 89.5 Å². The minimum absolute atomic E-state index is 0.0452. The largest absolute Gasteiger partial charge is 0.416 e. The molecule has 39 heavy (non-hydrogen) atoms. The maximum Gasteiger partial charge on any atom is 0.416 e. The Kier molecular flexibility index (Phi) is 9.01. The summed E-state index contributed by atoms with van der Waals surface area (Å²) in [6.45, 7) is 8.49. The van der Waals surface area contributed by atoms with Crippen LogP contribution in [0.5, 0.6) is 0 Å². The van der Waals surface area contributed by atoms with Crippen molar-refractivity contribution in [2.75, 3.05) is 18.4 Å². The second-order valence-electron chi connectivity index (χ2n) is 10.2. The van der Waals surface area contributed by atoms with Crippen LogP contribution in [0.2, 0.25) is 0 Å². The number of hydrogen-bond donors (Lipinski definition) is 1. The van der Waals surface area contributed by atoms with Crippen LogP contribution in [0.25, 0.3) is 6.08 Å². The third-order valence-corrected chi connectivity index (χ3v) is 7.06. The van der Waals surface area contributed by atoms with Gasteiger partial charge >= 0.3 is 6.18 Å². The van der Waals surface area contributed by atoms with E-state index >= 15 is 0 Å². The molecular formula is C30H34F3N5O. The van der Waals surface area contributed by atoms with Gasteiger partial charge in [0.1, 0.15) is 0 Å². The van der Waals surface area contributed by atoms with Crippen molar-refractivity contribution in [3.8, 4) is 0 Å². The molecule has 1 N–H and O–H groups in total. The van der Waals surface area contributed by atoms with Gasteiger partial charge in [-0.15, -0.1) is 0 Å². The molecular weight excluding hydrogens is 503 g/mol. The maximum atomic E-state index is 13.5. The van der Waals surface area contributed by atoms with Gasteiger partial charge in [0, 0.05) is 62.1 Å². The maximum absolute atomic E-state index is 13.5. The zero-order valence-corrected chi connectivity index (χ0v) is 22.4. The Morgan fingerprint density at radius 1 is 1.10 bits per heavy atom. The molecule has 1 amide bonds. The number of benzene rings is 1. The van der Waals surface area contributed by atoms with Crippen molar-refractivity contribution >= 4 is 23.4 Å². The average Bonchev–Trinajstić information content (AvgIpc) is 2.92. The van der Waals surface area contributed by atoms with Gasteiger partial charge in [-0.3, -0.25) is 14.8 Å². The quantitative estimate of drug-likeness (QED) is 0.334. The fraction of sp³-hybridized carbons (Fsp3) is 0.367. The highest BCUT2D eigenvalue weighted by Crippen LogP contribution is 2.29. The van der Waals surface area contributed by atoms with Gasteiger partial charge in [-0.2, -0.15) is 13.2 Å². The highest BCUT2D eigenvalue weighted by Gasteiger charge is 2.30. The van der Waals surface area contributed by atoms with Gasteiger partial charge in [0.15, 0.2) is 0 Å². The Morgan fingerprint density at radius 3 is 2.46 bits per heavy atom. The van der Waals surface area contributed by atoms with Crippen LogP contribution in [-0.4, -0.2) is 50.8 Å². The number of halogens is 3. The van der Waals surface area contributed by atoms with Gasteiger partial charge in [0.2, 0.25) is 5.91 Å². The first-order valence-corrected chi connectivity index (χ1v) is 13.1. The summed E-state index contributed by atoms with van der Waals surface area (Å²) < 4.78 is 38.7. The van der Waals surface area contributed by atoms with Gasteiger partial charge < -0.3 is 15.1 Å². The Bertz CT molecular complexity index is 1280. The lowest BCUT2D eigenvalue weighted by atomic mass is 10.0. The number of aryl methyl sites for hydroxylation is 1. The Morgan fingerprint density at radius 2 is 1.82 bits per heavy atom. The molecule has 0 unspecified atom stereocenters. The molecule has 206 valence electrons. The number of hydrogen-bond acceptors (Lipinski definition) is 5. The number of pyridine rings is 2. The predicted molar refractivity (Wildman–Crippen MR) is 147 cm³/mol. The SMILES string of the molecule is Cc1cnccc1Nc1cncc(CN(C(=O)/C=C/c2ccc(C(F)(F)F)cc2)C2CCN(C(C)C)CC2)c1. The number of likely N-dealkylation sites (tertiary alicyclic amines) is 1. The fourth-order valence-corrected chi connectivity index (χ4v) is 4.76. The molecule has 0 saturated carbocycles. The topological polar surface area (TPSA) is 61.4 Å². The Hall–Kier alpha value is -3.72. The molecule has 1 fully saturated rings. The number of alkyl halides is 3. The molecule has 1 aliphatic rings. The molecule has 2 aromatic heterocycles. The van der Waals surface area contributed by atoms with Crippen LogP contribution < -0.4 is 5.32 Å². The van der Waals surface area contributed by atoms with E-state index in [1.54, 1.807) is 30.9 Å². The summed E-state index contributed by atoms with van der Waals surface area (Å²) >= 11 is 0. The Labute approximate surface area is 227 Å². The first kappa shape index (κ1) is 28.3. The summed E-state index contributed by atoms with van der Waals surface area (Å²) in [7, 11) is 0. The van der Waals surface area contributed by atoms with Crippen LogP contribution in [0.4, 0.5) is 24.5 Å². The molecule has 6 nitrogen and oxygen atoms in total. The second-order valence-corrected chi connectivity index (χ2v) is 10.2. The molecule has 9 heteroatoms. The zero-order chi connectivity index (χ0) is 28.0. The van der Waals surface area contributed by atoms with Crippen molar-refractivity contribution in [1.82, 2.24) is 19.8 Å². The lowest BCUT2D eigenvalue weighted by Gasteiger charge is -2.39. The Balaban J connectivity index is 1.53. The van der Waals surface area contributed by atoms with E-state index in [-0.39, 0.29) is 11.9 Å². The minimum atomic E-state index is -4.40. The van der Waals surface area contributed by atoms with E-state index < -0.39 is 11.7 Å². The number of amides is 1. The summed E-state index contributed by atoms with van der Waals surface area (Å²) in [5.74, 6) is -0.179. The molecule has 3 heterocycles. The normalized spacial score (nSPS) is 15.2. The van der Waals surface area contributed by atoms with Crippen molar-refractivity contribution in [2.45, 2.75) is 58.4 Å². The first-order chi connectivity index (χ1) is 18.6. The summed E-state index contributed by atoms with van der Waals surface area (Å²) in [5.41, 5.74) is 3.44. The highest BCUT2D eigenvalue weighted by molar-refractivity contribution is 5.92. The number of anilines is 2. The van der Waals surface area contributed by atoms with Crippen LogP contribution in [0.1, 0.15) is 48.9 Å². The van der Waals surface area contributed by atoms with Gasteiger partial charge in [-0.1, -0.05) is 12.1 Å². The minimum Gasteiger partial charge on any atom is -0.354 e. The monoisotopic (exact) mass is 537 g/mol. The van der Waals surface area contributed by atoms with Crippen molar-refractivity contribution < 1.29 is 18.0 Å². The zero-order valence-electron chi connectivity index (χ0n) is 22.4. The second kappa shape index (κ2) is 12.4. The van der Waals surface area contributed by atoms with Crippen molar-refractivity contribution in [1.29, 1.82) is 0 Å². The van der Waals surface area contributed by atoms with Crippen molar-refractivity contribution in [3.63, 3.8) is 0 Å². The molecule has 4 rings (SSSR count). The number of aromatic nitrogens is 2. The number of carbonyl (C=O) groups excluding carboxylic acids is 1. The standard InChI is InChI=1S/C30H34F3N5O/c1-21(2)37-14-11-27(12-15-37)38(29(39)9-6-23-4-7-25(8-5-23)30(31,32)33)20-24-16-26(19-35-18-24)36-28-10-13-34-17-22(28)3/h4-10,13,16-19,21,27H,11-12,14-15,20H2,1-3H3,(H,34,36)/b9-6+. The molecule has 1 aliphatic heterocycles. The van der Waals surface area contributed by atoms with Crippen LogP contribution in [-0.2, 0) is 17.5 Å². The predicted octanol–water partition coefficient (Wildman–Crippen LogP) is 6.46. The number of nitrogens with zero attached hydrogens (tertiary/aromatic N) is 4. The smallest absolute Gasteiger partial charge is 0.354 e. The molecule has 1 aromatic carbocycles. The lowest BCUT2D eigenvalue weighted by Crippen LogP contribution is -2.48. The molecule has 0 bridgehead atoms. The number of rotatable bonds is 8. The van der Waals surface area contributed by atoms with Crippen LogP contribution >= 0.6 is 0 Å². The third kappa shape index (κ3) is 7.66. The summed E-state index contributed by atoms with van der Waals surface area (Å²) in [6.07, 6.45) is 7.32. The molecule has 0 aliphatic carbocycles. The number of piperidine rings is 1. The molecule has 0 radical (unpaired) electrons. The van der Waals surface area contributed by atoms with E-state index in [1.807, 2.05) is 24.0 Å². The van der Waals surface area contributed by atoms with Crippen LogP contribution in [0, 0.1) is 6.92 Å². The number of carbonyl (C=O) groups is 1. The van der Waals surface area contributed by atoms with E-state index in [9.17, 15) is 18.0 Å². The lowest BCUT2D eigenvalue weighted by molar-refractivity contribution is -0.137. The highest BCUT2D eigenvalue weighted by atomic mass is 19.4. The molecule has 1 saturated heterocycles. The van der Waals surface area contributed by atoms with E-state index in [1.165, 1.54) is 18.2 Å². The molecule has 0 spiro atoms. The van der Waals surface area contributed by atoms with Gasteiger partial charge in [-0.05, 0) is 80.6 Å². The van der Waals surface area contributed by atoms with Gasteiger partial charge in [-0.25, -0.2) is 0 Å². The first-order valence-electron chi connectivity index (χ1n) is 13.1. The van der Waals surface area contributed by atoms with Crippen LogP contribution in [0.3, 0.4) is 0 Å². The molecule has 0 atom stereocenters. The number of nitrogens with one attached hydrogen (secondary N) is 1. The average molecular weight is 538 g/mol. The van der Waals surface area contributed by atoms with Crippen LogP contribution in [0.15, 0.2) is 67.3 Å². The summed E-state index contributed by atoms with van der Waals surface area (Å²) in [5, 5.41) is 3.37. The van der Waals surface area contributed by atoms with E-state index in [0.717, 1.165) is 60.6 Å². The van der Waals surface area contributed by atoms with E-state index in [0.29, 0.717) is 18.2 Å². The van der Waals surface area contributed by atoms with Gasteiger partial charge in [0.25, 0.3) is 0 Å². The van der Waals surface area contributed by atoms with Crippen molar-refractivity contribution in [2.24, 2.45) is 0 Å². The summed E-state index contributed by atoms with van der Waals surface area (Å²) in [4.78, 5) is 26.3.